The van der Waals surface area contributed by atoms with Crippen molar-refractivity contribution in [3.8, 4) is 0 Å². The van der Waals surface area contributed by atoms with Crippen molar-refractivity contribution < 1.29 is 4.42 Å². The van der Waals surface area contributed by atoms with Crippen molar-refractivity contribution in [3.05, 3.63) is 52.8 Å². The summed E-state index contributed by atoms with van der Waals surface area (Å²) in [4.78, 5) is 5.59. The van der Waals surface area contributed by atoms with Crippen molar-refractivity contribution in [2.24, 2.45) is 0 Å². The van der Waals surface area contributed by atoms with E-state index >= 15 is 0 Å². The van der Waals surface area contributed by atoms with Gasteiger partial charge in [0.2, 0.25) is 0 Å². The van der Waals surface area contributed by atoms with Crippen LogP contribution in [0.5, 0.6) is 0 Å². The van der Waals surface area contributed by atoms with Crippen LogP contribution in [0, 0.1) is 13.8 Å². The number of rotatable bonds is 0. The minimum atomic E-state index is 0.0359. The third-order valence-corrected chi connectivity index (χ3v) is 13.2. The van der Waals surface area contributed by atoms with Crippen LogP contribution in [-0.4, -0.2) is 17.8 Å². The van der Waals surface area contributed by atoms with E-state index in [4.69, 9.17) is 4.42 Å². The lowest BCUT2D eigenvalue weighted by Gasteiger charge is -2.53. The Morgan fingerprint density at radius 1 is 0.737 bits per heavy atom. The van der Waals surface area contributed by atoms with Crippen LogP contribution in [0.3, 0.4) is 0 Å². The first-order valence-corrected chi connectivity index (χ1v) is 15.2. The van der Waals surface area contributed by atoms with Gasteiger partial charge in [0, 0.05) is 27.9 Å². The molecule has 4 unspecified atom stereocenters. The van der Waals surface area contributed by atoms with Crippen LogP contribution in [0.4, 0.5) is 22.9 Å². The first kappa shape index (κ1) is 22.2. The van der Waals surface area contributed by atoms with Crippen LogP contribution in [-0.2, 0) is 10.8 Å². The first-order chi connectivity index (χ1) is 18.2. The van der Waals surface area contributed by atoms with E-state index < -0.39 is 0 Å². The van der Waals surface area contributed by atoms with E-state index in [-0.39, 0.29) is 28.6 Å². The molecule has 4 heteroatoms. The Balaban J connectivity index is 1.50. The van der Waals surface area contributed by atoms with Gasteiger partial charge in [-0.05, 0) is 92.5 Å². The van der Waals surface area contributed by atoms with E-state index in [0.29, 0.717) is 0 Å². The highest BCUT2D eigenvalue weighted by atomic mass is 16.4. The summed E-state index contributed by atoms with van der Waals surface area (Å²) >= 11 is 0. The number of para-hydroxylation sites is 1. The molecular weight excluding hydrogens is 463 g/mol. The molecule has 2 aromatic carbocycles. The monoisotopic (exact) mass is 502 g/mol. The summed E-state index contributed by atoms with van der Waals surface area (Å²) in [6, 6.07) is 12.1. The summed E-state index contributed by atoms with van der Waals surface area (Å²) < 4.78 is 6.82. The van der Waals surface area contributed by atoms with Crippen LogP contribution >= 0.6 is 0 Å². The lowest BCUT2D eigenvalue weighted by atomic mass is 9.33. The topological polar surface area (TPSA) is 19.6 Å². The highest BCUT2D eigenvalue weighted by Gasteiger charge is 2.67. The largest absolute Gasteiger partial charge is 0.446 e. The number of aryl methyl sites for hydroxylation is 1. The SMILES string of the molecule is Cc1oc2c(c1C)B1c3ccccc3N3c4c(cc5c(c41)N2C1(C)CCCCC51C)C1(C)CCCCC31C. The fourth-order valence-electron chi connectivity index (χ4n) is 10.6. The number of anilines is 4. The highest BCUT2D eigenvalue weighted by molar-refractivity contribution is 7.00. The normalized spacial score (nSPS) is 35.1. The third-order valence-electron chi connectivity index (χ3n) is 13.2. The third kappa shape index (κ3) is 2.00. The minimum Gasteiger partial charge on any atom is -0.446 e. The Morgan fingerprint density at radius 3 is 2.00 bits per heavy atom. The van der Waals surface area contributed by atoms with Crippen molar-refractivity contribution in [2.75, 3.05) is 9.80 Å². The van der Waals surface area contributed by atoms with E-state index in [1.165, 1.54) is 79.2 Å². The van der Waals surface area contributed by atoms with Gasteiger partial charge in [-0.2, -0.15) is 0 Å². The molecule has 0 saturated heterocycles. The van der Waals surface area contributed by atoms with E-state index in [0.717, 1.165) is 11.6 Å². The standard InChI is InChI=1S/C34H39BN2O/c1-20-21(2)38-30-26(20)35-24-13-7-8-14-25(24)36-28-22(31(3)15-9-11-17-33(31,36)5)19-23-29(27(28)35)37(30)34(6)18-12-10-16-32(23,34)4/h7-8,13-14,19H,9-12,15-18H2,1-6H3. The van der Waals surface area contributed by atoms with Crippen LogP contribution < -0.4 is 26.2 Å². The maximum Gasteiger partial charge on any atom is 0.256 e. The van der Waals surface area contributed by atoms with Crippen LogP contribution in [0.25, 0.3) is 0 Å². The van der Waals surface area contributed by atoms with Gasteiger partial charge in [0.05, 0.1) is 11.1 Å². The zero-order chi connectivity index (χ0) is 26.0. The molecular formula is C34H39BN2O. The second-order valence-corrected chi connectivity index (χ2v) is 14.4. The smallest absolute Gasteiger partial charge is 0.256 e. The number of benzene rings is 2. The van der Waals surface area contributed by atoms with Crippen molar-refractivity contribution in [2.45, 2.75) is 115 Å². The molecule has 3 aromatic rings. The van der Waals surface area contributed by atoms with Gasteiger partial charge in [0.1, 0.15) is 5.76 Å². The van der Waals surface area contributed by atoms with E-state index in [2.05, 4.69) is 81.7 Å². The van der Waals surface area contributed by atoms with Gasteiger partial charge in [-0.15, -0.1) is 0 Å². The quantitative estimate of drug-likeness (QED) is 0.326. The summed E-state index contributed by atoms with van der Waals surface area (Å²) in [5.74, 6) is 2.23. The maximum absolute atomic E-state index is 6.82. The summed E-state index contributed by atoms with van der Waals surface area (Å²) in [5, 5.41) is 0. The van der Waals surface area contributed by atoms with E-state index in [9.17, 15) is 0 Å². The Morgan fingerprint density at radius 2 is 1.32 bits per heavy atom. The van der Waals surface area contributed by atoms with Crippen molar-refractivity contribution >= 4 is 46.0 Å². The van der Waals surface area contributed by atoms with Crippen molar-refractivity contribution in [1.29, 1.82) is 0 Å². The molecule has 5 heterocycles. The van der Waals surface area contributed by atoms with Gasteiger partial charge >= 0.3 is 0 Å². The minimum absolute atomic E-state index is 0.0359. The Kier molecular flexibility index (Phi) is 3.74. The summed E-state index contributed by atoms with van der Waals surface area (Å²) in [6.45, 7) is 15.1. The van der Waals surface area contributed by atoms with Crippen LogP contribution in [0.2, 0.25) is 0 Å². The number of fused-ring (bicyclic) bond motifs is 12. The van der Waals surface area contributed by atoms with E-state index in [1.807, 2.05) is 0 Å². The number of furan rings is 1. The second-order valence-electron chi connectivity index (χ2n) is 14.4. The van der Waals surface area contributed by atoms with Crippen molar-refractivity contribution in [3.63, 3.8) is 0 Å². The van der Waals surface area contributed by atoms with Gasteiger partial charge in [0.25, 0.3) is 6.71 Å². The Labute approximate surface area is 227 Å². The molecule has 0 amide bonds. The predicted molar refractivity (Wildman–Crippen MR) is 158 cm³/mol. The molecule has 2 saturated carbocycles. The second kappa shape index (κ2) is 6.40. The average molecular weight is 503 g/mol. The molecule has 38 heavy (non-hydrogen) atoms. The highest BCUT2D eigenvalue weighted by Crippen LogP contribution is 2.67. The molecule has 0 N–H and O–H groups in total. The lowest BCUT2D eigenvalue weighted by Crippen LogP contribution is -2.66. The van der Waals surface area contributed by atoms with Gasteiger partial charge in [-0.1, -0.05) is 63.8 Å². The molecule has 6 aliphatic rings. The summed E-state index contributed by atoms with van der Waals surface area (Å²) in [5.41, 5.74) is 14.0. The lowest BCUT2D eigenvalue weighted by molar-refractivity contribution is 0.187. The van der Waals surface area contributed by atoms with Gasteiger partial charge in [0.15, 0.2) is 5.88 Å². The Bertz CT molecular complexity index is 1600. The number of hydrogen-bond donors (Lipinski definition) is 0. The van der Waals surface area contributed by atoms with Crippen LogP contribution in [0.1, 0.15) is 102 Å². The Hall–Kier alpha value is -2.62. The molecule has 9 rings (SSSR count). The molecule has 1 aromatic heterocycles. The molecule has 4 atom stereocenters. The fourth-order valence-corrected chi connectivity index (χ4v) is 10.6. The van der Waals surface area contributed by atoms with Crippen molar-refractivity contribution in [1.82, 2.24) is 0 Å². The fraction of sp³-hybridized carbons (Fsp3) is 0.529. The number of nitrogens with zero attached hydrogens (tertiary/aromatic N) is 2. The van der Waals surface area contributed by atoms with Gasteiger partial charge in [-0.25, -0.2) is 0 Å². The molecule has 2 fully saturated rings. The molecule has 4 aliphatic heterocycles. The molecule has 3 nitrogen and oxygen atoms in total. The van der Waals surface area contributed by atoms with Gasteiger partial charge in [-0.3, -0.25) is 0 Å². The average Bonchev–Trinajstić information content (AvgIpc) is 3.40. The zero-order valence-corrected chi connectivity index (χ0v) is 23.9. The molecule has 194 valence electrons. The molecule has 0 bridgehead atoms. The summed E-state index contributed by atoms with van der Waals surface area (Å²) in [7, 11) is 0. The molecule has 0 radical (unpaired) electrons. The number of hydrogen-bond acceptors (Lipinski definition) is 3. The van der Waals surface area contributed by atoms with Crippen LogP contribution in [0.15, 0.2) is 34.7 Å². The zero-order valence-electron chi connectivity index (χ0n) is 23.9. The van der Waals surface area contributed by atoms with E-state index in [1.54, 1.807) is 22.3 Å². The maximum atomic E-state index is 6.82. The first-order valence-electron chi connectivity index (χ1n) is 15.2. The predicted octanol–water partition coefficient (Wildman–Crippen LogP) is 6.52. The van der Waals surface area contributed by atoms with Gasteiger partial charge < -0.3 is 14.2 Å². The molecule has 2 aliphatic carbocycles. The molecule has 0 spiro atoms. The summed E-state index contributed by atoms with van der Waals surface area (Å²) in [6.07, 6.45) is 10.3.